The van der Waals surface area contributed by atoms with Gasteiger partial charge in [-0.3, -0.25) is 4.79 Å². The first-order valence-electron chi connectivity index (χ1n) is 5.80. The highest BCUT2D eigenvalue weighted by molar-refractivity contribution is 5.82. The van der Waals surface area contributed by atoms with Crippen molar-refractivity contribution in [2.24, 2.45) is 0 Å². The zero-order valence-electron chi connectivity index (χ0n) is 10.9. The van der Waals surface area contributed by atoms with E-state index in [0.29, 0.717) is 30.0 Å². The van der Waals surface area contributed by atoms with Gasteiger partial charge < -0.3 is 14.2 Å². The molecule has 1 rings (SSSR count). The minimum atomic E-state index is -0.424. The Morgan fingerprint density at radius 2 is 2.16 bits per heavy atom. The van der Waals surface area contributed by atoms with Crippen molar-refractivity contribution in [3.8, 4) is 11.5 Å². The minimum Gasteiger partial charge on any atom is -0.497 e. The second-order valence-corrected chi connectivity index (χ2v) is 3.49. The average Bonchev–Trinajstić information content (AvgIpc) is 2.43. The molecule has 0 unspecified atom stereocenters. The fourth-order valence-electron chi connectivity index (χ4n) is 1.34. The van der Waals surface area contributed by atoms with Gasteiger partial charge in [0.15, 0.2) is 6.29 Å². The zero-order valence-corrected chi connectivity index (χ0v) is 10.9. The summed E-state index contributed by atoms with van der Waals surface area (Å²) in [6.45, 7) is 2.22. The molecular weight excluding hydrogens is 248 g/mol. The average molecular weight is 264 g/mol. The van der Waals surface area contributed by atoms with Crippen LogP contribution in [0.25, 0.3) is 0 Å². The molecule has 0 radical (unpaired) electrons. The number of rotatable bonds is 7. The Balaban J connectivity index is 2.61. The summed E-state index contributed by atoms with van der Waals surface area (Å²) in [6.07, 6.45) is 3.50. The highest BCUT2D eigenvalue weighted by atomic mass is 16.5. The van der Waals surface area contributed by atoms with Gasteiger partial charge in [0.2, 0.25) is 0 Å². The number of methoxy groups -OCH3 is 1. The maximum atomic E-state index is 11.0. The Morgan fingerprint density at radius 3 is 2.79 bits per heavy atom. The van der Waals surface area contributed by atoms with E-state index in [1.165, 1.54) is 19.3 Å². The summed E-state index contributed by atoms with van der Waals surface area (Å²) in [5.41, 5.74) is 0.422. The van der Waals surface area contributed by atoms with Crippen LogP contribution in [0.1, 0.15) is 17.3 Å². The third-order valence-corrected chi connectivity index (χ3v) is 2.22. The van der Waals surface area contributed by atoms with Crippen LogP contribution in [0.4, 0.5) is 0 Å². The number of hydrogen-bond donors (Lipinski definition) is 0. The molecule has 1 aromatic rings. The predicted molar refractivity (Wildman–Crippen MR) is 69.6 cm³/mol. The van der Waals surface area contributed by atoms with E-state index in [0.717, 1.165) is 0 Å². The first kappa shape index (κ1) is 14.8. The van der Waals surface area contributed by atoms with Gasteiger partial charge in [-0.15, -0.1) is 0 Å². The molecule has 0 atom stereocenters. The van der Waals surface area contributed by atoms with Gasteiger partial charge in [0.1, 0.15) is 18.1 Å². The minimum absolute atomic E-state index is 0.160. The molecule has 0 amide bonds. The summed E-state index contributed by atoms with van der Waals surface area (Å²) in [5, 5.41) is 0. The molecule has 0 aliphatic rings. The molecule has 0 saturated carbocycles. The van der Waals surface area contributed by atoms with Crippen molar-refractivity contribution in [2.75, 3.05) is 20.3 Å². The zero-order chi connectivity index (χ0) is 14.1. The number of hydrogen-bond acceptors (Lipinski definition) is 5. The summed E-state index contributed by atoms with van der Waals surface area (Å²) in [4.78, 5) is 21.9. The molecule has 0 saturated heterocycles. The van der Waals surface area contributed by atoms with Crippen LogP contribution in [0.2, 0.25) is 0 Å². The van der Waals surface area contributed by atoms with Crippen molar-refractivity contribution in [3.05, 3.63) is 35.9 Å². The van der Waals surface area contributed by atoms with Crippen molar-refractivity contribution in [2.45, 2.75) is 6.92 Å². The monoisotopic (exact) mass is 264 g/mol. The quantitative estimate of drug-likeness (QED) is 0.428. The van der Waals surface area contributed by atoms with E-state index in [2.05, 4.69) is 0 Å². The molecule has 0 fully saturated rings. The van der Waals surface area contributed by atoms with Crippen LogP contribution in [0.3, 0.4) is 0 Å². The van der Waals surface area contributed by atoms with Crippen LogP contribution in [-0.2, 0) is 9.53 Å². The summed E-state index contributed by atoms with van der Waals surface area (Å²) >= 11 is 0. The molecule has 0 aliphatic heterocycles. The fraction of sp³-hybridized carbons (Fsp3) is 0.286. The van der Waals surface area contributed by atoms with Crippen LogP contribution in [0.5, 0.6) is 11.5 Å². The topological polar surface area (TPSA) is 61.8 Å². The van der Waals surface area contributed by atoms with E-state index in [9.17, 15) is 9.59 Å². The number of benzene rings is 1. The second-order valence-electron chi connectivity index (χ2n) is 3.49. The van der Waals surface area contributed by atoms with E-state index in [1.54, 1.807) is 25.1 Å². The van der Waals surface area contributed by atoms with Crippen molar-refractivity contribution in [1.82, 2.24) is 0 Å². The molecule has 0 aliphatic carbocycles. The third kappa shape index (κ3) is 4.83. The van der Waals surface area contributed by atoms with Crippen LogP contribution in [0.15, 0.2) is 30.4 Å². The van der Waals surface area contributed by atoms with Crippen molar-refractivity contribution >= 4 is 12.3 Å². The maximum Gasteiger partial charge on any atom is 0.330 e. The SMILES string of the molecule is CCOC(=O)/C=C/COc1cc(OC)ccc1C=O. The second kappa shape index (κ2) is 7.92. The smallest absolute Gasteiger partial charge is 0.330 e. The van der Waals surface area contributed by atoms with Gasteiger partial charge in [-0.05, 0) is 25.1 Å². The Labute approximate surface area is 111 Å². The first-order chi connectivity index (χ1) is 9.21. The van der Waals surface area contributed by atoms with Gasteiger partial charge in [0, 0.05) is 12.1 Å². The van der Waals surface area contributed by atoms with Gasteiger partial charge >= 0.3 is 5.97 Å². The van der Waals surface area contributed by atoms with E-state index in [4.69, 9.17) is 14.2 Å². The number of carbonyl (C=O) groups excluding carboxylic acids is 2. The van der Waals surface area contributed by atoms with Gasteiger partial charge in [-0.2, -0.15) is 0 Å². The predicted octanol–water partition coefficient (Wildman–Crippen LogP) is 2.01. The highest BCUT2D eigenvalue weighted by Gasteiger charge is 2.04. The molecule has 0 bridgehead atoms. The Bertz CT molecular complexity index is 465. The van der Waals surface area contributed by atoms with Crippen LogP contribution >= 0.6 is 0 Å². The summed E-state index contributed by atoms with van der Waals surface area (Å²) in [5.74, 6) is 0.574. The summed E-state index contributed by atoms with van der Waals surface area (Å²) < 4.78 is 15.2. The van der Waals surface area contributed by atoms with Crippen molar-refractivity contribution in [1.29, 1.82) is 0 Å². The molecule has 0 aromatic heterocycles. The summed E-state index contributed by atoms with van der Waals surface area (Å²) in [6, 6.07) is 4.89. The molecule has 5 nitrogen and oxygen atoms in total. The lowest BCUT2D eigenvalue weighted by molar-refractivity contribution is -0.137. The number of aldehydes is 1. The van der Waals surface area contributed by atoms with E-state index in [1.807, 2.05) is 0 Å². The number of carbonyl (C=O) groups is 2. The third-order valence-electron chi connectivity index (χ3n) is 2.22. The standard InChI is InChI=1S/C14H16O5/c1-3-18-14(16)5-4-8-19-13-9-12(17-2)7-6-11(13)10-15/h4-7,9-10H,3,8H2,1-2H3/b5-4+. The van der Waals surface area contributed by atoms with Gasteiger partial charge in [0.05, 0.1) is 19.3 Å². The largest absolute Gasteiger partial charge is 0.497 e. The van der Waals surface area contributed by atoms with E-state index in [-0.39, 0.29) is 6.61 Å². The molecule has 0 N–H and O–H groups in total. The molecule has 19 heavy (non-hydrogen) atoms. The highest BCUT2D eigenvalue weighted by Crippen LogP contribution is 2.23. The molecule has 0 heterocycles. The molecular formula is C14H16O5. The van der Waals surface area contributed by atoms with E-state index < -0.39 is 5.97 Å². The van der Waals surface area contributed by atoms with Gasteiger partial charge in [0.25, 0.3) is 0 Å². The Kier molecular flexibility index (Phi) is 6.15. The Hall–Kier alpha value is -2.30. The maximum absolute atomic E-state index is 11.0. The number of ether oxygens (including phenoxy) is 3. The fourth-order valence-corrected chi connectivity index (χ4v) is 1.34. The van der Waals surface area contributed by atoms with Gasteiger partial charge in [-0.25, -0.2) is 4.79 Å². The lowest BCUT2D eigenvalue weighted by atomic mass is 10.2. The molecule has 1 aromatic carbocycles. The van der Waals surface area contributed by atoms with Crippen molar-refractivity contribution in [3.63, 3.8) is 0 Å². The first-order valence-corrected chi connectivity index (χ1v) is 5.80. The Morgan fingerprint density at radius 1 is 1.37 bits per heavy atom. The van der Waals surface area contributed by atoms with E-state index >= 15 is 0 Å². The summed E-state index contributed by atoms with van der Waals surface area (Å²) in [7, 11) is 1.53. The normalized spacial score (nSPS) is 10.2. The molecule has 102 valence electrons. The van der Waals surface area contributed by atoms with Crippen molar-refractivity contribution < 1.29 is 23.8 Å². The number of esters is 1. The lowest BCUT2D eigenvalue weighted by Gasteiger charge is -2.08. The van der Waals surface area contributed by atoms with Crippen LogP contribution < -0.4 is 9.47 Å². The molecule has 5 heteroatoms. The lowest BCUT2D eigenvalue weighted by Crippen LogP contribution is -2.02. The van der Waals surface area contributed by atoms with Crippen LogP contribution in [0, 0.1) is 0 Å². The molecule has 0 spiro atoms. The van der Waals surface area contributed by atoms with Gasteiger partial charge in [-0.1, -0.05) is 0 Å². The van der Waals surface area contributed by atoms with Crippen LogP contribution in [-0.4, -0.2) is 32.6 Å².